The van der Waals surface area contributed by atoms with Crippen LogP contribution in [0.25, 0.3) is 11.0 Å². The Kier molecular flexibility index (Phi) is 2.83. The molecular formula is C16H12N4S. The first kappa shape index (κ1) is 12.3. The topological polar surface area (TPSA) is 64.8 Å². The van der Waals surface area contributed by atoms with E-state index in [2.05, 4.69) is 21.0 Å². The monoisotopic (exact) mass is 292 g/mol. The minimum absolute atomic E-state index is 0.765. The van der Waals surface area contributed by atoms with E-state index in [0.717, 1.165) is 46.4 Å². The molecule has 0 aliphatic heterocycles. The molecule has 0 aromatic carbocycles. The van der Waals surface area contributed by atoms with E-state index in [1.807, 2.05) is 24.5 Å². The quantitative estimate of drug-likeness (QED) is 0.731. The summed E-state index contributed by atoms with van der Waals surface area (Å²) in [7, 11) is 0. The summed E-state index contributed by atoms with van der Waals surface area (Å²) < 4.78 is 0. The lowest BCUT2D eigenvalue weighted by molar-refractivity contribution is 0.913. The van der Waals surface area contributed by atoms with Gasteiger partial charge in [0.05, 0.1) is 5.56 Å². The number of aliphatic imine (C=N–C) groups is 1. The number of aromatic amines is 1. The van der Waals surface area contributed by atoms with Crippen LogP contribution < -0.4 is 0 Å². The first-order valence-electron chi connectivity index (χ1n) is 6.87. The van der Waals surface area contributed by atoms with Gasteiger partial charge in [-0.3, -0.25) is 0 Å². The summed E-state index contributed by atoms with van der Waals surface area (Å²) in [5, 5.41) is 11.2. The number of nitrogens with zero attached hydrogens (tertiary/aromatic N) is 3. The van der Waals surface area contributed by atoms with Crippen LogP contribution in [-0.2, 0) is 12.8 Å². The minimum atomic E-state index is 0.765. The molecular weight excluding hydrogens is 280 g/mol. The molecule has 0 saturated carbocycles. The van der Waals surface area contributed by atoms with E-state index < -0.39 is 0 Å². The number of H-pyrrole nitrogens is 1. The Labute approximate surface area is 125 Å². The molecule has 3 aromatic rings. The molecule has 21 heavy (non-hydrogen) atoms. The largest absolute Gasteiger partial charge is 0.345 e. The van der Waals surface area contributed by atoms with Crippen molar-refractivity contribution in [2.24, 2.45) is 4.99 Å². The maximum atomic E-state index is 9.37. The second kappa shape index (κ2) is 4.83. The lowest BCUT2D eigenvalue weighted by Gasteiger charge is -1.93. The second-order valence-corrected chi connectivity index (χ2v) is 6.13. The number of fused-ring (bicyclic) bond motifs is 2. The molecule has 0 amide bonds. The van der Waals surface area contributed by atoms with Crippen molar-refractivity contribution in [3.63, 3.8) is 0 Å². The van der Waals surface area contributed by atoms with Gasteiger partial charge in [-0.05, 0) is 37.0 Å². The van der Waals surface area contributed by atoms with Gasteiger partial charge in [0.1, 0.15) is 16.7 Å². The molecule has 1 aliphatic carbocycles. The van der Waals surface area contributed by atoms with Crippen LogP contribution in [0.2, 0.25) is 0 Å². The van der Waals surface area contributed by atoms with E-state index in [0.29, 0.717) is 0 Å². The van der Waals surface area contributed by atoms with Gasteiger partial charge >= 0.3 is 0 Å². The molecule has 0 saturated heterocycles. The normalized spacial score (nSPS) is 13.9. The molecule has 3 aromatic heterocycles. The van der Waals surface area contributed by atoms with Gasteiger partial charge in [-0.2, -0.15) is 5.26 Å². The molecule has 102 valence electrons. The SMILES string of the molecule is N#Cc1c(/N=C/c2c[nH]c3ncccc23)sc2c1CCC2. The Morgan fingerprint density at radius 1 is 1.43 bits per heavy atom. The number of rotatable bonds is 2. The number of aryl methyl sites for hydroxylation is 1. The number of nitriles is 1. The van der Waals surface area contributed by atoms with E-state index in [9.17, 15) is 5.26 Å². The smallest absolute Gasteiger partial charge is 0.137 e. The van der Waals surface area contributed by atoms with E-state index in [4.69, 9.17) is 0 Å². The number of nitrogens with one attached hydrogen (secondary N) is 1. The number of thiophene rings is 1. The molecule has 0 spiro atoms. The highest BCUT2D eigenvalue weighted by molar-refractivity contribution is 7.16. The van der Waals surface area contributed by atoms with Gasteiger partial charge < -0.3 is 4.98 Å². The van der Waals surface area contributed by atoms with Crippen LogP contribution in [0.4, 0.5) is 5.00 Å². The predicted molar refractivity (Wildman–Crippen MR) is 84.4 cm³/mol. The van der Waals surface area contributed by atoms with E-state index in [1.54, 1.807) is 17.5 Å². The standard InChI is InChI=1S/C16H12N4S/c17-7-13-12-3-1-5-14(12)21-16(13)20-9-10-8-19-15-11(10)4-2-6-18-15/h2,4,6,8-9H,1,3,5H2,(H,18,19)/b20-9+. The third kappa shape index (κ3) is 1.96. The highest BCUT2D eigenvalue weighted by Crippen LogP contribution is 2.40. The maximum Gasteiger partial charge on any atom is 0.137 e. The highest BCUT2D eigenvalue weighted by Gasteiger charge is 2.21. The molecule has 0 radical (unpaired) electrons. The first-order chi connectivity index (χ1) is 10.4. The average molecular weight is 292 g/mol. The summed E-state index contributed by atoms with van der Waals surface area (Å²) in [5.74, 6) is 0. The molecule has 0 bridgehead atoms. The van der Waals surface area contributed by atoms with Crippen LogP contribution in [0.3, 0.4) is 0 Å². The highest BCUT2D eigenvalue weighted by atomic mass is 32.1. The van der Waals surface area contributed by atoms with Crippen molar-refractivity contribution >= 4 is 33.6 Å². The zero-order valence-electron chi connectivity index (χ0n) is 11.3. The fourth-order valence-electron chi connectivity index (χ4n) is 2.81. The lowest BCUT2D eigenvalue weighted by Crippen LogP contribution is -1.81. The molecule has 1 aliphatic rings. The summed E-state index contributed by atoms with van der Waals surface area (Å²) in [6.07, 6.45) is 8.74. The third-order valence-corrected chi connectivity index (χ3v) is 5.02. The summed E-state index contributed by atoms with van der Waals surface area (Å²) in [5.41, 5.74) is 3.83. The number of hydrogen-bond acceptors (Lipinski definition) is 4. The van der Waals surface area contributed by atoms with Crippen LogP contribution in [0.1, 0.15) is 28.0 Å². The average Bonchev–Trinajstić information content (AvgIpc) is 3.18. The predicted octanol–water partition coefficient (Wildman–Crippen LogP) is 3.74. The summed E-state index contributed by atoms with van der Waals surface area (Å²) in [6.45, 7) is 0. The van der Waals surface area contributed by atoms with Crippen LogP contribution in [0, 0.1) is 11.3 Å². The van der Waals surface area contributed by atoms with Crippen molar-refractivity contribution in [1.82, 2.24) is 9.97 Å². The first-order valence-corrected chi connectivity index (χ1v) is 7.69. The van der Waals surface area contributed by atoms with Crippen LogP contribution >= 0.6 is 11.3 Å². The van der Waals surface area contributed by atoms with Crippen molar-refractivity contribution in [2.75, 3.05) is 0 Å². The van der Waals surface area contributed by atoms with E-state index in [-0.39, 0.29) is 0 Å². The molecule has 0 atom stereocenters. The summed E-state index contributed by atoms with van der Waals surface area (Å²) >= 11 is 1.65. The van der Waals surface area contributed by atoms with E-state index >= 15 is 0 Å². The third-order valence-electron chi connectivity index (χ3n) is 3.82. The van der Waals surface area contributed by atoms with Gasteiger partial charge in [0.2, 0.25) is 0 Å². The molecule has 0 unspecified atom stereocenters. The summed E-state index contributed by atoms with van der Waals surface area (Å²) in [4.78, 5) is 13.3. The Balaban J connectivity index is 1.75. The Morgan fingerprint density at radius 2 is 2.38 bits per heavy atom. The van der Waals surface area contributed by atoms with Crippen molar-refractivity contribution in [1.29, 1.82) is 5.26 Å². The molecule has 0 fully saturated rings. The fourth-order valence-corrected chi connectivity index (χ4v) is 3.99. The van der Waals surface area contributed by atoms with Gasteiger partial charge in [-0.25, -0.2) is 9.98 Å². The Hall–Kier alpha value is -2.45. The van der Waals surface area contributed by atoms with Crippen molar-refractivity contribution in [3.8, 4) is 6.07 Å². The summed E-state index contributed by atoms with van der Waals surface area (Å²) in [6, 6.07) is 6.24. The minimum Gasteiger partial charge on any atom is -0.345 e. The zero-order valence-corrected chi connectivity index (χ0v) is 12.1. The molecule has 4 nitrogen and oxygen atoms in total. The fraction of sp³-hybridized carbons (Fsp3) is 0.188. The zero-order chi connectivity index (χ0) is 14.2. The number of pyridine rings is 1. The lowest BCUT2D eigenvalue weighted by atomic mass is 10.1. The van der Waals surface area contributed by atoms with Crippen LogP contribution in [-0.4, -0.2) is 16.2 Å². The number of hydrogen-bond donors (Lipinski definition) is 1. The van der Waals surface area contributed by atoms with Crippen LogP contribution in [0.15, 0.2) is 29.5 Å². The van der Waals surface area contributed by atoms with E-state index in [1.165, 1.54) is 10.4 Å². The molecule has 5 heteroatoms. The second-order valence-electron chi connectivity index (χ2n) is 5.05. The van der Waals surface area contributed by atoms with Crippen molar-refractivity contribution < 1.29 is 0 Å². The maximum absolute atomic E-state index is 9.37. The van der Waals surface area contributed by atoms with Gasteiger partial charge in [-0.1, -0.05) is 0 Å². The Morgan fingerprint density at radius 3 is 3.29 bits per heavy atom. The van der Waals surface area contributed by atoms with Gasteiger partial charge in [0.15, 0.2) is 0 Å². The van der Waals surface area contributed by atoms with Crippen molar-refractivity contribution in [2.45, 2.75) is 19.3 Å². The Bertz CT molecular complexity index is 895. The number of aromatic nitrogens is 2. The van der Waals surface area contributed by atoms with Gasteiger partial charge in [-0.15, -0.1) is 11.3 Å². The van der Waals surface area contributed by atoms with Gasteiger partial charge in [0.25, 0.3) is 0 Å². The molecule has 3 heterocycles. The van der Waals surface area contributed by atoms with Gasteiger partial charge in [0, 0.05) is 34.4 Å². The molecule has 1 N–H and O–H groups in total. The van der Waals surface area contributed by atoms with Crippen molar-refractivity contribution in [3.05, 3.63) is 46.1 Å². The van der Waals surface area contributed by atoms with Crippen LogP contribution in [0.5, 0.6) is 0 Å². The molecule has 4 rings (SSSR count).